The van der Waals surface area contributed by atoms with Crippen molar-refractivity contribution < 1.29 is 0 Å². The summed E-state index contributed by atoms with van der Waals surface area (Å²) in [6, 6.07) is 58.2. The molecule has 0 saturated carbocycles. The third-order valence-corrected chi connectivity index (χ3v) is 10.6. The van der Waals surface area contributed by atoms with Crippen molar-refractivity contribution in [1.82, 2.24) is 14.5 Å². The van der Waals surface area contributed by atoms with E-state index < -0.39 is 0 Å². The van der Waals surface area contributed by atoms with E-state index in [0.717, 1.165) is 39.6 Å². The fourth-order valence-corrected chi connectivity index (χ4v) is 8.40. The largest absolute Gasteiger partial charge is 0.309 e. The summed E-state index contributed by atoms with van der Waals surface area (Å²) in [7, 11) is 0. The van der Waals surface area contributed by atoms with E-state index in [1.165, 1.54) is 52.8 Å². The van der Waals surface area contributed by atoms with Gasteiger partial charge in [-0.25, -0.2) is 9.97 Å². The Labute approximate surface area is 281 Å². The second kappa shape index (κ2) is 10.7. The Kier molecular flexibility index (Phi) is 6.05. The van der Waals surface area contributed by atoms with E-state index in [0.29, 0.717) is 0 Å². The lowest BCUT2D eigenvalue weighted by Gasteiger charge is -2.12. The lowest BCUT2D eigenvalue weighted by molar-refractivity contribution is 1.17. The number of hydrogen-bond acceptors (Lipinski definition) is 3. The minimum Gasteiger partial charge on any atom is -0.309 e. The van der Waals surface area contributed by atoms with Gasteiger partial charge >= 0.3 is 0 Å². The summed E-state index contributed by atoms with van der Waals surface area (Å²) in [5.41, 5.74) is 8.50. The zero-order chi connectivity index (χ0) is 31.6. The molecule has 3 aromatic heterocycles. The van der Waals surface area contributed by atoms with Gasteiger partial charge in [-0.15, -0.1) is 11.3 Å². The van der Waals surface area contributed by atoms with Crippen LogP contribution >= 0.6 is 11.3 Å². The highest BCUT2D eigenvalue weighted by Crippen LogP contribution is 2.45. The quantitative estimate of drug-likeness (QED) is 0.194. The molecule has 0 unspecified atom stereocenters. The van der Waals surface area contributed by atoms with Gasteiger partial charge in [0, 0.05) is 53.3 Å². The van der Waals surface area contributed by atoms with Crippen LogP contribution < -0.4 is 0 Å². The summed E-state index contributed by atoms with van der Waals surface area (Å²) in [6.45, 7) is 0. The van der Waals surface area contributed by atoms with Crippen LogP contribution in [0, 0.1) is 0 Å². The molecule has 0 saturated heterocycles. The fraction of sp³-hybridized carbons (Fsp3) is 0. The second-order valence-electron chi connectivity index (χ2n) is 12.2. The topological polar surface area (TPSA) is 30.7 Å². The van der Waals surface area contributed by atoms with Crippen LogP contribution in [-0.4, -0.2) is 14.5 Å². The molecule has 224 valence electrons. The molecule has 0 aliphatic carbocycles. The number of rotatable bonds is 4. The Hall–Kier alpha value is -6.10. The predicted octanol–water partition coefficient (Wildman–Crippen LogP) is 12.1. The number of para-hydroxylation sites is 1. The van der Waals surface area contributed by atoms with Crippen LogP contribution in [-0.2, 0) is 0 Å². The van der Waals surface area contributed by atoms with Gasteiger partial charge in [0.05, 0.1) is 22.4 Å². The molecule has 7 aromatic carbocycles. The fourth-order valence-electron chi connectivity index (χ4n) is 7.16. The summed E-state index contributed by atoms with van der Waals surface area (Å²) >= 11 is 1.89. The molecule has 0 amide bonds. The van der Waals surface area contributed by atoms with Crippen molar-refractivity contribution in [2.24, 2.45) is 0 Å². The summed E-state index contributed by atoms with van der Waals surface area (Å²) in [4.78, 5) is 10.0. The molecule has 0 spiro atoms. The molecule has 0 atom stereocenters. The van der Waals surface area contributed by atoms with Crippen LogP contribution in [0.15, 0.2) is 164 Å². The Morgan fingerprint density at radius 1 is 0.458 bits per heavy atom. The highest BCUT2D eigenvalue weighted by atomic mass is 32.1. The molecule has 4 heteroatoms. The number of fused-ring (bicyclic) bond motifs is 9. The van der Waals surface area contributed by atoms with Gasteiger partial charge in [-0.05, 0) is 41.1 Å². The van der Waals surface area contributed by atoms with Crippen LogP contribution in [0.5, 0.6) is 0 Å². The monoisotopic (exact) mass is 629 g/mol. The van der Waals surface area contributed by atoms with Gasteiger partial charge in [0.1, 0.15) is 0 Å². The van der Waals surface area contributed by atoms with Crippen molar-refractivity contribution in [3.05, 3.63) is 164 Å². The lowest BCUT2D eigenvalue weighted by atomic mass is 10.0. The number of aromatic nitrogens is 3. The van der Waals surface area contributed by atoms with E-state index in [4.69, 9.17) is 9.97 Å². The van der Waals surface area contributed by atoms with Crippen molar-refractivity contribution in [2.75, 3.05) is 0 Å². The molecule has 10 rings (SSSR count). The molecule has 0 N–H and O–H groups in total. The Morgan fingerprint density at radius 2 is 1.08 bits per heavy atom. The molecule has 3 nitrogen and oxygen atoms in total. The molecule has 0 fully saturated rings. The van der Waals surface area contributed by atoms with Crippen LogP contribution in [0.4, 0.5) is 0 Å². The molecule has 0 radical (unpaired) electrons. The van der Waals surface area contributed by atoms with Gasteiger partial charge < -0.3 is 4.57 Å². The van der Waals surface area contributed by atoms with Crippen molar-refractivity contribution in [2.45, 2.75) is 0 Å². The average Bonchev–Trinajstić information content (AvgIpc) is 3.72. The lowest BCUT2D eigenvalue weighted by Crippen LogP contribution is -1.97. The van der Waals surface area contributed by atoms with Crippen molar-refractivity contribution in [3.8, 4) is 39.6 Å². The second-order valence-corrected chi connectivity index (χ2v) is 13.2. The van der Waals surface area contributed by atoms with Crippen molar-refractivity contribution in [3.63, 3.8) is 0 Å². The average molecular weight is 630 g/mol. The molecular formula is C44H27N3S. The SMILES string of the molecule is c1ccc(-c2cc(-c3ccc(-n4c5ccccc5c5ccc6sc7c8ccccc8ccc7c6c54)cc3)nc(-c3ccccc3)n2)cc1. The summed E-state index contributed by atoms with van der Waals surface area (Å²) in [6.07, 6.45) is 0. The van der Waals surface area contributed by atoms with E-state index in [9.17, 15) is 0 Å². The maximum absolute atomic E-state index is 5.07. The first kappa shape index (κ1) is 27.1. The molecule has 0 bridgehead atoms. The standard InChI is InChI=1S/C44H27N3S/c1-3-12-29(13-4-1)37-27-38(46-44(45-37)31-14-5-2-6-15-31)30-19-22-32(23-20-30)47-39-18-10-9-17-34(39)35-25-26-40-41(42(35)47)36-24-21-28-11-7-8-16-33(28)43(36)48-40/h1-27H. The number of benzene rings is 7. The number of nitrogens with zero attached hydrogens (tertiary/aromatic N) is 3. The zero-order valence-corrected chi connectivity index (χ0v) is 26.7. The molecule has 10 aromatic rings. The number of thiophene rings is 1. The first-order valence-electron chi connectivity index (χ1n) is 16.2. The van der Waals surface area contributed by atoms with Gasteiger partial charge in [-0.1, -0.05) is 133 Å². The minimum absolute atomic E-state index is 0.720. The third-order valence-electron chi connectivity index (χ3n) is 9.41. The minimum atomic E-state index is 0.720. The molecule has 0 aliphatic heterocycles. The highest BCUT2D eigenvalue weighted by molar-refractivity contribution is 7.26. The van der Waals surface area contributed by atoms with E-state index in [1.807, 2.05) is 35.6 Å². The summed E-state index contributed by atoms with van der Waals surface area (Å²) in [5.74, 6) is 0.720. The summed E-state index contributed by atoms with van der Waals surface area (Å²) < 4.78 is 5.09. The maximum atomic E-state index is 5.07. The van der Waals surface area contributed by atoms with Gasteiger partial charge in [-0.2, -0.15) is 0 Å². The van der Waals surface area contributed by atoms with Gasteiger partial charge in [0.2, 0.25) is 0 Å². The first-order chi connectivity index (χ1) is 23.8. The van der Waals surface area contributed by atoms with Crippen LogP contribution in [0.25, 0.3) is 92.3 Å². The third kappa shape index (κ3) is 4.20. The summed E-state index contributed by atoms with van der Waals surface area (Å²) in [5, 5.41) is 7.74. The van der Waals surface area contributed by atoms with Gasteiger partial charge in [-0.3, -0.25) is 0 Å². The maximum Gasteiger partial charge on any atom is 0.160 e. The Morgan fingerprint density at radius 3 is 1.85 bits per heavy atom. The molecular weight excluding hydrogens is 603 g/mol. The molecule has 48 heavy (non-hydrogen) atoms. The van der Waals surface area contributed by atoms with Gasteiger partial charge in [0.25, 0.3) is 0 Å². The highest BCUT2D eigenvalue weighted by Gasteiger charge is 2.19. The van der Waals surface area contributed by atoms with E-state index >= 15 is 0 Å². The number of hydrogen-bond donors (Lipinski definition) is 0. The van der Waals surface area contributed by atoms with Crippen molar-refractivity contribution >= 4 is 64.1 Å². The Balaban J connectivity index is 1.18. The van der Waals surface area contributed by atoms with E-state index in [1.54, 1.807) is 0 Å². The van der Waals surface area contributed by atoms with E-state index in [-0.39, 0.29) is 0 Å². The molecule has 3 heterocycles. The van der Waals surface area contributed by atoms with Gasteiger partial charge in [0.15, 0.2) is 5.82 Å². The first-order valence-corrected chi connectivity index (χ1v) is 17.0. The van der Waals surface area contributed by atoms with Crippen molar-refractivity contribution in [1.29, 1.82) is 0 Å². The smallest absolute Gasteiger partial charge is 0.160 e. The zero-order valence-electron chi connectivity index (χ0n) is 25.8. The van der Waals surface area contributed by atoms with E-state index in [2.05, 4.69) is 144 Å². The van der Waals surface area contributed by atoms with Crippen LogP contribution in [0.3, 0.4) is 0 Å². The normalized spacial score (nSPS) is 11.8. The molecule has 0 aliphatic rings. The predicted molar refractivity (Wildman–Crippen MR) is 203 cm³/mol. The van der Waals surface area contributed by atoms with Crippen LogP contribution in [0.1, 0.15) is 0 Å². The van der Waals surface area contributed by atoms with Crippen LogP contribution in [0.2, 0.25) is 0 Å². The Bertz CT molecular complexity index is 2760.